The summed E-state index contributed by atoms with van der Waals surface area (Å²) in [7, 11) is 0. The maximum atomic E-state index is 12.7. The summed E-state index contributed by atoms with van der Waals surface area (Å²) in [6.07, 6.45) is 3.41. The van der Waals surface area contributed by atoms with Crippen LogP contribution in [0, 0.1) is 24.2 Å². The van der Waals surface area contributed by atoms with Crippen molar-refractivity contribution in [3.05, 3.63) is 52.0 Å². The summed E-state index contributed by atoms with van der Waals surface area (Å²) in [5, 5.41) is 12.4. The van der Waals surface area contributed by atoms with E-state index in [0.717, 1.165) is 35.1 Å². The Morgan fingerprint density at radius 1 is 1.30 bits per heavy atom. The van der Waals surface area contributed by atoms with E-state index >= 15 is 0 Å². The van der Waals surface area contributed by atoms with Crippen molar-refractivity contribution >= 4 is 23.3 Å². The average molecular weight is 425 g/mol. The molecule has 3 rings (SSSR count). The zero-order valence-corrected chi connectivity index (χ0v) is 18.6. The minimum Gasteiger partial charge on any atom is -0.487 e. The predicted octanol–water partition coefficient (Wildman–Crippen LogP) is 3.74. The molecule has 1 aromatic carbocycles. The van der Waals surface area contributed by atoms with Crippen molar-refractivity contribution in [1.82, 2.24) is 14.8 Å². The molecular formula is C23H28N4O2S. The summed E-state index contributed by atoms with van der Waals surface area (Å²) in [6, 6.07) is 9.97. The summed E-state index contributed by atoms with van der Waals surface area (Å²) in [5.74, 6) is 0.991. The number of para-hydroxylation sites is 1. The van der Waals surface area contributed by atoms with Crippen molar-refractivity contribution in [2.45, 2.75) is 33.4 Å². The van der Waals surface area contributed by atoms with Crippen molar-refractivity contribution in [2.75, 3.05) is 26.2 Å². The van der Waals surface area contributed by atoms with Gasteiger partial charge in [-0.1, -0.05) is 32.0 Å². The number of piperazine rings is 1. The van der Waals surface area contributed by atoms with E-state index in [1.165, 1.54) is 0 Å². The fraction of sp³-hybridized carbons (Fsp3) is 0.435. The van der Waals surface area contributed by atoms with Crippen molar-refractivity contribution in [3.63, 3.8) is 0 Å². The normalized spacial score (nSPS) is 16.0. The Balaban J connectivity index is 1.57. The summed E-state index contributed by atoms with van der Waals surface area (Å²) >= 11 is 1.60. The van der Waals surface area contributed by atoms with Gasteiger partial charge in [-0.25, -0.2) is 4.98 Å². The smallest absolute Gasteiger partial charge is 0.246 e. The molecule has 30 heavy (non-hydrogen) atoms. The number of carbonyl (C=O) groups excluding carboxylic acids is 1. The van der Waals surface area contributed by atoms with Crippen LogP contribution in [0.3, 0.4) is 0 Å². The van der Waals surface area contributed by atoms with E-state index in [-0.39, 0.29) is 17.9 Å². The van der Waals surface area contributed by atoms with Gasteiger partial charge in [0.05, 0.1) is 16.8 Å². The minimum absolute atomic E-state index is 0.0161. The number of aromatic nitrogens is 1. The number of ether oxygens (including phenoxy) is 1. The van der Waals surface area contributed by atoms with Crippen LogP contribution in [0.25, 0.3) is 6.08 Å². The molecule has 1 unspecified atom stereocenters. The fourth-order valence-electron chi connectivity index (χ4n) is 3.52. The topological polar surface area (TPSA) is 69.5 Å². The van der Waals surface area contributed by atoms with Crippen LogP contribution in [-0.2, 0) is 11.4 Å². The third-order valence-corrected chi connectivity index (χ3v) is 5.97. The largest absolute Gasteiger partial charge is 0.487 e. The molecule has 1 aliphatic heterocycles. The van der Waals surface area contributed by atoms with Gasteiger partial charge in [0.2, 0.25) is 5.91 Å². The number of amides is 1. The van der Waals surface area contributed by atoms with E-state index in [9.17, 15) is 10.1 Å². The number of rotatable bonds is 7. The molecule has 1 saturated heterocycles. The lowest BCUT2D eigenvalue weighted by Gasteiger charge is -2.37. The summed E-state index contributed by atoms with van der Waals surface area (Å²) in [4.78, 5) is 21.1. The molecule has 2 heterocycles. The van der Waals surface area contributed by atoms with Gasteiger partial charge < -0.3 is 9.64 Å². The van der Waals surface area contributed by atoms with Gasteiger partial charge in [0.1, 0.15) is 18.4 Å². The molecule has 6 nitrogen and oxygen atoms in total. The van der Waals surface area contributed by atoms with Crippen molar-refractivity contribution in [1.29, 1.82) is 5.26 Å². The number of thiazole rings is 1. The van der Waals surface area contributed by atoms with Gasteiger partial charge in [-0.05, 0) is 25.0 Å². The molecule has 0 saturated carbocycles. The van der Waals surface area contributed by atoms with Crippen LogP contribution in [-0.4, -0.2) is 52.9 Å². The molecule has 0 N–H and O–H groups in total. The number of benzene rings is 1. The Morgan fingerprint density at radius 2 is 2.03 bits per heavy atom. The van der Waals surface area contributed by atoms with Crippen LogP contribution in [0.15, 0.2) is 35.7 Å². The quantitative estimate of drug-likeness (QED) is 0.634. The molecule has 0 spiro atoms. The van der Waals surface area contributed by atoms with Gasteiger partial charge in [0, 0.05) is 43.2 Å². The molecule has 1 fully saturated rings. The highest BCUT2D eigenvalue weighted by atomic mass is 32.1. The Kier molecular flexibility index (Phi) is 7.61. The van der Waals surface area contributed by atoms with Crippen molar-refractivity contribution < 1.29 is 9.53 Å². The number of carbonyl (C=O) groups is 1. The maximum absolute atomic E-state index is 12.7. The molecule has 1 aliphatic rings. The molecule has 7 heteroatoms. The lowest BCUT2D eigenvalue weighted by Crippen LogP contribution is -2.52. The third kappa shape index (κ3) is 5.68. The first-order chi connectivity index (χ1) is 14.5. The first kappa shape index (κ1) is 22.0. The van der Waals surface area contributed by atoms with Gasteiger partial charge in [0.25, 0.3) is 0 Å². The van der Waals surface area contributed by atoms with Gasteiger partial charge in [-0.2, -0.15) is 5.26 Å². The highest BCUT2D eigenvalue weighted by molar-refractivity contribution is 7.09. The van der Waals surface area contributed by atoms with E-state index in [4.69, 9.17) is 4.74 Å². The molecular weight excluding hydrogens is 396 g/mol. The van der Waals surface area contributed by atoms with E-state index in [1.54, 1.807) is 17.4 Å². The Labute approximate surface area is 182 Å². The van der Waals surface area contributed by atoms with Crippen LogP contribution in [0.2, 0.25) is 0 Å². The Bertz CT molecular complexity index is 923. The SMILES string of the molecule is Cc1nc(COc2ccccc2/C=C/C(=O)N2CCN(C(C#N)C(C)C)CC2)cs1. The second-order valence-corrected chi connectivity index (χ2v) is 8.76. The van der Waals surface area contributed by atoms with Crippen molar-refractivity contribution in [2.24, 2.45) is 5.92 Å². The van der Waals surface area contributed by atoms with Crippen LogP contribution in [0.4, 0.5) is 0 Å². The van der Waals surface area contributed by atoms with Gasteiger partial charge in [-0.15, -0.1) is 11.3 Å². The van der Waals surface area contributed by atoms with Crippen LogP contribution < -0.4 is 4.74 Å². The predicted molar refractivity (Wildman–Crippen MR) is 119 cm³/mol. The first-order valence-electron chi connectivity index (χ1n) is 10.2. The fourth-order valence-corrected chi connectivity index (χ4v) is 4.11. The average Bonchev–Trinajstić information content (AvgIpc) is 3.17. The van der Waals surface area contributed by atoms with Gasteiger partial charge in [0.15, 0.2) is 0 Å². The monoisotopic (exact) mass is 424 g/mol. The molecule has 1 aromatic heterocycles. The van der Waals surface area contributed by atoms with Crippen LogP contribution in [0.5, 0.6) is 5.75 Å². The summed E-state index contributed by atoms with van der Waals surface area (Å²) in [6.45, 7) is 9.21. The highest BCUT2D eigenvalue weighted by Crippen LogP contribution is 2.21. The number of hydrogen-bond donors (Lipinski definition) is 0. The first-order valence-corrected chi connectivity index (χ1v) is 11.1. The van der Waals surface area contributed by atoms with E-state index < -0.39 is 0 Å². The molecule has 158 valence electrons. The standard InChI is InChI=1S/C23H28N4O2S/c1-17(2)21(14-24)26-10-12-27(13-11-26)23(28)9-8-19-6-4-5-7-22(19)29-15-20-16-30-18(3)25-20/h4-9,16-17,21H,10-13,15H2,1-3H3/b9-8+. The van der Waals surface area contributed by atoms with E-state index in [0.29, 0.717) is 19.7 Å². The van der Waals surface area contributed by atoms with Crippen molar-refractivity contribution in [3.8, 4) is 11.8 Å². The summed E-state index contributed by atoms with van der Waals surface area (Å²) < 4.78 is 5.92. The van der Waals surface area contributed by atoms with Gasteiger partial charge in [-0.3, -0.25) is 9.69 Å². The highest BCUT2D eigenvalue weighted by Gasteiger charge is 2.27. The van der Waals surface area contributed by atoms with Gasteiger partial charge >= 0.3 is 0 Å². The Hall–Kier alpha value is -2.69. The second-order valence-electron chi connectivity index (χ2n) is 7.70. The lowest BCUT2D eigenvalue weighted by atomic mass is 10.0. The molecule has 2 aromatic rings. The molecule has 0 aliphatic carbocycles. The minimum atomic E-state index is -0.0941. The summed E-state index contributed by atoms with van der Waals surface area (Å²) in [5.41, 5.74) is 1.77. The molecule has 0 radical (unpaired) electrons. The lowest BCUT2D eigenvalue weighted by molar-refractivity contribution is -0.127. The second kappa shape index (κ2) is 10.4. The third-order valence-electron chi connectivity index (χ3n) is 5.15. The van der Waals surface area contributed by atoms with E-state index in [1.807, 2.05) is 47.5 Å². The molecule has 1 amide bonds. The van der Waals surface area contributed by atoms with E-state index in [2.05, 4.69) is 29.8 Å². The number of hydrogen-bond acceptors (Lipinski definition) is 6. The zero-order chi connectivity index (χ0) is 21.5. The number of aryl methyl sites for hydroxylation is 1. The Morgan fingerprint density at radius 3 is 2.67 bits per heavy atom. The van der Waals surface area contributed by atoms with Crippen LogP contribution in [0.1, 0.15) is 30.1 Å². The van der Waals surface area contributed by atoms with Crippen LogP contribution >= 0.6 is 11.3 Å². The number of nitriles is 1. The molecule has 0 bridgehead atoms. The number of nitrogens with zero attached hydrogens (tertiary/aromatic N) is 4. The molecule has 1 atom stereocenters. The maximum Gasteiger partial charge on any atom is 0.246 e. The zero-order valence-electron chi connectivity index (χ0n) is 17.7.